The highest BCUT2D eigenvalue weighted by molar-refractivity contribution is 5.76. The van der Waals surface area contributed by atoms with Crippen LogP contribution in [0, 0.1) is 25.2 Å². The molecule has 0 aliphatic heterocycles. The quantitative estimate of drug-likeness (QED) is 0.723. The Labute approximate surface area is 138 Å². The molecular formula is C18H27N3O2. The summed E-state index contributed by atoms with van der Waals surface area (Å²) in [6.45, 7) is 7.75. The predicted octanol–water partition coefficient (Wildman–Crippen LogP) is 2.88. The molecule has 1 aromatic rings. The van der Waals surface area contributed by atoms with Gasteiger partial charge in [0.2, 0.25) is 5.91 Å². The molecule has 0 saturated heterocycles. The fourth-order valence-corrected chi connectivity index (χ4v) is 2.78. The van der Waals surface area contributed by atoms with Crippen LogP contribution in [0.1, 0.15) is 68.3 Å². The van der Waals surface area contributed by atoms with Crippen molar-refractivity contribution in [3.05, 3.63) is 32.7 Å². The number of aryl methyl sites for hydroxylation is 1. The highest BCUT2D eigenvalue weighted by Crippen LogP contribution is 2.15. The predicted molar refractivity (Wildman–Crippen MR) is 91.3 cm³/mol. The average molecular weight is 317 g/mol. The van der Waals surface area contributed by atoms with Gasteiger partial charge >= 0.3 is 0 Å². The van der Waals surface area contributed by atoms with Crippen LogP contribution in [0.5, 0.6) is 0 Å². The van der Waals surface area contributed by atoms with Crippen molar-refractivity contribution in [2.24, 2.45) is 0 Å². The second kappa shape index (κ2) is 9.14. The second-order valence-corrected chi connectivity index (χ2v) is 6.13. The second-order valence-electron chi connectivity index (χ2n) is 6.13. The van der Waals surface area contributed by atoms with E-state index in [9.17, 15) is 9.59 Å². The first-order valence-corrected chi connectivity index (χ1v) is 8.32. The zero-order valence-electron chi connectivity index (χ0n) is 14.6. The zero-order chi connectivity index (χ0) is 17.4. The molecule has 23 heavy (non-hydrogen) atoms. The number of aromatic amines is 1. The van der Waals surface area contributed by atoms with E-state index in [4.69, 9.17) is 5.26 Å². The van der Waals surface area contributed by atoms with Gasteiger partial charge in [-0.15, -0.1) is 0 Å². The lowest BCUT2D eigenvalue weighted by Crippen LogP contribution is -2.32. The lowest BCUT2D eigenvalue weighted by Gasteiger charge is -2.15. The molecule has 0 aliphatic carbocycles. The van der Waals surface area contributed by atoms with Crippen molar-refractivity contribution in [1.29, 1.82) is 5.26 Å². The Morgan fingerprint density at radius 3 is 2.65 bits per heavy atom. The Kier molecular flexibility index (Phi) is 7.53. The molecule has 2 N–H and O–H groups in total. The minimum atomic E-state index is -0.361. The van der Waals surface area contributed by atoms with Crippen molar-refractivity contribution in [1.82, 2.24) is 10.3 Å². The van der Waals surface area contributed by atoms with E-state index in [1.54, 1.807) is 13.8 Å². The molecule has 5 nitrogen and oxygen atoms in total. The molecule has 1 amide bonds. The summed E-state index contributed by atoms with van der Waals surface area (Å²) >= 11 is 0. The van der Waals surface area contributed by atoms with E-state index >= 15 is 0 Å². The number of nitrogens with one attached hydrogen (secondary N) is 2. The van der Waals surface area contributed by atoms with Crippen LogP contribution in [0.2, 0.25) is 0 Å². The Morgan fingerprint density at radius 1 is 1.35 bits per heavy atom. The molecular weight excluding hydrogens is 290 g/mol. The first-order valence-electron chi connectivity index (χ1n) is 8.32. The third-order valence-corrected chi connectivity index (χ3v) is 4.17. The molecule has 0 aromatic carbocycles. The van der Waals surface area contributed by atoms with Gasteiger partial charge in [0.15, 0.2) is 0 Å². The van der Waals surface area contributed by atoms with E-state index in [0.717, 1.165) is 24.1 Å². The number of unbranched alkanes of at least 4 members (excludes halogenated alkanes) is 2. The summed E-state index contributed by atoms with van der Waals surface area (Å²) in [7, 11) is 0. The maximum Gasteiger partial charge on any atom is 0.266 e. The van der Waals surface area contributed by atoms with Crippen molar-refractivity contribution >= 4 is 5.91 Å². The van der Waals surface area contributed by atoms with E-state index in [1.807, 2.05) is 13.0 Å². The summed E-state index contributed by atoms with van der Waals surface area (Å²) in [5.74, 6) is 0.0116. The summed E-state index contributed by atoms with van der Waals surface area (Å²) in [5, 5.41) is 12.1. The molecule has 0 saturated carbocycles. The maximum absolute atomic E-state index is 12.1. The van der Waals surface area contributed by atoms with Crippen LogP contribution in [0.3, 0.4) is 0 Å². The molecule has 0 bridgehead atoms. The fourth-order valence-electron chi connectivity index (χ4n) is 2.78. The van der Waals surface area contributed by atoms with Gasteiger partial charge in [-0.1, -0.05) is 26.2 Å². The number of aromatic nitrogens is 1. The molecule has 1 heterocycles. The van der Waals surface area contributed by atoms with Crippen molar-refractivity contribution in [2.45, 2.75) is 72.3 Å². The highest BCUT2D eigenvalue weighted by atomic mass is 16.1. The summed E-state index contributed by atoms with van der Waals surface area (Å²) in [4.78, 5) is 26.4. The SMILES string of the molecule is CCCCCC(C)NC(=O)CCc1c(C)[nH]c(=O)c(C#N)c1C. The Hall–Kier alpha value is -2.09. The first-order chi connectivity index (χ1) is 10.9. The number of nitrogens with zero attached hydrogens (tertiary/aromatic N) is 1. The number of hydrogen-bond acceptors (Lipinski definition) is 3. The molecule has 0 aliphatic rings. The lowest BCUT2D eigenvalue weighted by molar-refractivity contribution is -0.121. The van der Waals surface area contributed by atoms with E-state index in [1.165, 1.54) is 12.8 Å². The van der Waals surface area contributed by atoms with Gasteiger partial charge in [-0.05, 0) is 44.7 Å². The van der Waals surface area contributed by atoms with Gasteiger partial charge < -0.3 is 10.3 Å². The third-order valence-electron chi connectivity index (χ3n) is 4.17. The summed E-state index contributed by atoms with van der Waals surface area (Å²) < 4.78 is 0. The largest absolute Gasteiger partial charge is 0.354 e. The molecule has 0 spiro atoms. The van der Waals surface area contributed by atoms with Crippen molar-refractivity contribution < 1.29 is 4.79 Å². The number of carbonyl (C=O) groups excluding carboxylic acids is 1. The van der Waals surface area contributed by atoms with Gasteiger partial charge in [0, 0.05) is 18.2 Å². The van der Waals surface area contributed by atoms with Gasteiger partial charge in [-0.25, -0.2) is 0 Å². The molecule has 1 atom stereocenters. The standard InChI is InChI=1S/C18H27N3O2/c1-5-6-7-8-12(2)20-17(22)10-9-15-13(3)16(11-19)18(23)21-14(15)4/h12H,5-10H2,1-4H3,(H,20,22)(H,21,23). The van der Waals surface area contributed by atoms with E-state index < -0.39 is 0 Å². The monoisotopic (exact) mass is 317 g/mol. The zero-order valence-corrected chi connectivity index (χ0v) is 14.6. The van der Waals surface area contributed by atoms with Crippen LogP contribution in [-0.4, -0.2) is 16.9 Å². The maximum atomic E-state index is 12.1. The van der Waals surface area contributed by atoms with Crippen LogP contribution < -0.4 is 10.9 Å². The van der Waals surface area contributed by atoms with Crippen molar-refractivity contribution in [3.63, 3.8) is 0 Å². The normalized spacial score (nSPS) is 11.8. The number of amides is 1. The molecule has 0 radical (unpaired) electrons. The van der Waals surface area contributed by atoms with Gasteiger partial charge in [-0.3, -0.25) is 9.59 Å². The smallest absolute Gasteiger partial charge is 0.266 e. The third kappa shape index (κ3) is 5.55. The Morgan fingerprint density at radius 2 is 2.04 bits per heavy atom. The molecule has 1 unspecified atom stereocenters. The van der Waals surface area contributed by atoms with Gasteiger partial charge in [-0.2, -0.15) is 5.26 Å². The van der Waals surface area contributed by atoms with E-state index in [0.29, 0.717) is 18.4 Å². The van der Waals surface area contributed by atoms with E-state index in [2.05, 4.69) is 17.2 Å². The fraction of sp³-hybridized carbons (Fsp3) is 0.611. The number of H-pyrrole nitrogens is 1. The molecule has 126 valence electrons. The summed E-state index contributed by atoms with van der Waals surface area (Å²) in [5.41, 5.74) is 2.07. The van der Waals surface area contributed by atoms with Gasteiger partial charge in [0.25, 0.3) is 5.56 Å². The Balaban J connectivity index is 2.63. The summed E-state index contributed by atoms with van der Waals surface area (Å²) in [6.07, 6.45) is 5.36. The highest BCUT2D eigenvalue weighted by Gasteiger charge is 2.14. The summed E-state index contributed by atoms with van der Waals surface area (Å²) in [6, 6.07) is 2.12. The lowest BCUT2D eigenvalue weighted by atomic mass is 9.99. The number of nitriles is 1. The van der Waals surface area contributed by atoms with Gasteiger partial charge in [0.1, 0.15) is 11.6 Å². The van der Waals surface area contributed by atoms with E-state index in [-0.39, 0.29) is 23.1 Å². The molecule has 5 heteroatoms. The molecule has 0 fully saturated rings. The topological polar surface area (TPSA) is 85.8 Å². The Bertz CT molecular complexity index is 641. The van der Waals surface area contributed by atoms with Crippen LogP contribution >= 0.6 is 0 Å². The van der Waals surface area contributed by atoms with Crippen LogP contribution in [0.25, 0.3) is 0 Å². The number of pyridine rings is 1. The van der Waals surface area contributed by atoms with Crippen molar-refractivity contribution in [2.75, 3.05) is 0 Å². The number of hydrogen-bond donors (Lipinski definition) is 2. The van der Waals surface area contributed by atoms with Crippen LogP contribution in [0.15, 0.2) is 4.79 Å². The van der Waals surface area contributed by atoms with Gasteiger partial charge in [0.05, 0.1) is 0 Å². The van der Waals surface area contributed by atoms with Crippen LogP contribution in [0.4, 0.5) is 0 Å². The minimum Gasteiger partial charge on any atom is -0.354 e. The number of rotatable bonds is 8. The first kappa shape index (κ1) is 19.0. The minimum absolute atomic E-state index is 0.0116. The van der Waals surface area contributed by atoms with Crippen LogP contribution in [-0.2, 0) is 11.2 Å². The van der Waals surface area contributed by atoms with Crippen molar-refractivity contribution in [3.8, 4) is 6.07 Å². The number of carbonyl (C=O) groups is 1. The molecule has 1 aromatic heterocycles. The molecule has 1 rings (SSSR count). The average Bonchev–Trinajstić information content (AvgIpc) is 2.47.